The van der Waals surface area contributed by atoms with E-state index in [1.807, 2.05) is 0 Å². The second-order valence-electron chi connectivity index (χ2n) is 2.98. The highest BCUT2D eigenvalue weighted by molar-refractivity contribution is 8.12. The normalized spacial score (nSPS) is 24.4. The first kappa shape index (κ1) is 11.2. The Balaban J connectivity index is 2.52. The van der Waals surface area contributed by atoms with Crippen molar-refractivity contribution in [3.63, 3.8) is 0 Å². The van der Waals surface area contributed by atoms with Gasteiger partial charge in [-0.25, -0.2) is 8.42 Å². The number of halogens is 1. The van der Waals surface area contributed by atoms with Crippen LogP contribution in [0.4, 0.5) is 0 Å². The SMILES string of the molecule is O=S1(=O)CCC(NS(=O)(=O)Cl)CC1. The molecule has 1 aliphatic heterocycles. The van der Waals surface area contributed by atoms with Crippen LogP contribution in [0.1, 0.15) is 12.8 Å². The number of sulfone groups is 1. The van der Waals surface area contributed by atoms with E-state index in [2.05, 4.69) is 4.72 Å². The molecule has 0 unspecified atom stereocenters. The van der Waals surface area contributed by atoms with Crippen molar-refractivity contribution in [3.05, 3.63) is 0 Å². The maximum atomic E-state index is 11.0. The van der Waals surface area contributed by atoms with Crippen molar-refractivity contribution < 1.29 is 16.8 Å². The van der Waals surface area contributed by atoms with Crippen LogP contribution in [0.25, 0.3) is 0 Å². The molecule has 1 heterocycles. The van der Waals surface area contributed by atoms with E-state index in [-0.39, 0.29) is 17.5 Å². The topological polar surface area (TPSA) is 80.3 Å². The fraction of sp³-hybridized carbons (Fsp3) is 1.00. The first-order chi connectivity index (χ1) is 5.79. The van der Waals surface area contributed by atoms with Gasteiger partial charge in [0.15, 0.2) is 0 Å². The Morgan fingerprint density at radius 3 is 2.08 bits per heavy atom. The van der Waals surface area contributed by atoms with E-state index < -0.39 is 19.1 Å². The van der Waals surface area contributed by atoms with Crippen LogP contribution in [-0.4, -0.2) is 34.4 Å². The highest BCUT2D eigenvalue weighted by Crippen LogP contribution is 2.13. The summed E-state index contributed by atoms with van der Waals surface area (Å²) >= 11 is 0. The predicted molar refractivity (Wildman–Crippen MR) is 49.6 cm³/mol. The van der Waals surface area contributed by atoms with Crippen LogP contribution >= 0.6 is 10.7 Å². The molecule has 0 aromatic heterocycles. The molecule has 0 radical (unpaired) electrons. The van der Waals surface area contributed by atoms with Gasteiger partial charge >= 0.3 is 0 Å². The van der Waals surface area contributed by atoms with Crippen LogP contribution < -0.4 is 4.72 Å². The summed E-state index contributed by atoms with van der Waals surface area (Å²) < 4.78 is 45.2. The number of hydrogen-bond acceptors (Lipinski definition) is 4. The molecule has 0 amide bonds. The van der Waals surface area contributed by atoms with Crippen LogP contribution in [0.3, 0.4) is 0 Å². The van der Waals surface area contributed by atoms with Crippen molar-refractivity contribution in [2.45, 2.75) is 18.9 Å². The second-order valence-corrected chi connectivity index (χ2v) is 7.62. The lowest BCUT2D eigenvalue weighted by molar-refractivity contribution is 0.511. The van der Waals surface area contributed by atoms with Gasteiger partial charge in [-0.3, -0.25) is 0 Å². The third-order valence-corrected chi connectivity index (χ3v) is 4.46. The minimum Gasteiger partial charge on any atom is -0.229 e. The largest absolute Gasteiger partial charge is 0.297 e. The quantitative estimate of drug-likeness (QED) is 0.676. The van der Waals surface area contributed by atoms with Crippen molar-refractivity contribution >= 4 is 29.8 Å². The van der Waals surface area contributed by atoms with Crippen LogP contribution in [0.15, 0.2) is 0 Å². The predicted octanol–water partition coefficient (Wildman–Crippen LogP) is -0.363. The Hall–Kier alpha value is 0.150. The van der Waals surface area contributed by atoms with Crippen LogP contribution in [0.2, 0.25) is 0 Å². The van der Waals surface area contributed by atoms with Crippen LogP contribution in [0.5, 0.6) is 0 Å². The van der Waals surface area contributed by atoms with Gasteiger partial charge < -0.3 is 0 Å². The summed E-state index contributed by atoms with van der Waals surface area (Å²) in [4.78, 5) is 0. The molecule has 0 spiro atoms. The summed E-state index contributed by atoms with van der Waals surface area (Å²) in [5.74, 6) is 0.0498. The average molecular weight is 248 g/mol. The minimum atomic E-state index is -3.73. The van der Waals surface area contributed by atoms with E-state index >= 15 is 0 Å². The molecule has 0 bridgehead atoms. The molecule has 1 aliphatic rings. The number of hydrogen-bond donors (Lipinski definition) is 1. The first-order valence-electron chi connectivity index (χ1n) is 3.71. The standard InChI is InChI=1S/C5H10ClNO4S2/c6-13(10,11)7-5-1-3-12(8,9)4-2-5/h5,7H,1-4H2. The molecule has 0 aromatic rings. The summed E-state index contributed by atoms with van der Waals surface area (Å²) in [6.07, 6.45) is 0.600. The monoisotopic (exact) mass is 247 g/mol. The zero-order valence-electron chi connectivity index (χ0n) is 6.73. The highest BCUT2D eigenvalue weighted by Gasteiger charge is 2.25. The van der Waals surface area contributed by atoms with E-state index in [0.29, 0.717) is 12.8 Å². The molecular weight excluding hydrogens is 238 g/mol. The maximum absolute atomic E-state index is 11.0. The van der Waals surface area contributed by atoms with E-state index in [0.717, 1.165) is 0 Å². The molecule has 0 aromatic carbocycles. The fourth-order valence-corrected chi connectivity index (χ4v) is 3.71. The lowest BCUT2D eigenvalue weighted by atomic mass is 10.2. The Labute approximate surface area is 81.9 Å². The average Bonchev–Trinajstić information content (AvgIpc) is 1.91. The molecule has 5 nitrogen and oxygen atoms in total. The van der Waals surface area contributed by atoms with Crippen LogP contribution in [0, 0.1) is 0 Å². The van der Waals surface area contributed by atoms with Gasteiger partial charge in [0.1, 0.15) is 9.84 Å². The minimum absolute atomic E-state index is 0.0249. The van der Waals surface area contributed by atoms with Crippen molar-refractivity contribution in [3.8, 4) is 0 Å². The maximum Gasteiger partial charge on any atom is 0.297 e. The summed E-state index contributed by atoms with van der Waals surface area (Å²) in [6.45, 7) is 0. The molecule has 0 saturated carbocycles. The van der Waals surface area contributed by atoms with Gasteiger partial charge in [-0.15, -0.1) is 0 Å². The van der Waals surface area contributed by atoms with Crippen molar-refractivity contribution in [1.29, 1.82) is 0 Å². The van der Waals surface area contributed by atoms with E-state index in [1.54, 1.807) is 0 Å². The van der Waals surface area contributed by atoms with E-state index in [1.165, 1.54) is 0 Å². The fourth-order valence-electron chi connectivity index (χ4n) is 1.21. The Kier molecular flexibility index (Phi) is 3.21. The van der Waals surface area contributed by atoms with Crippen molar-refractivity contribution in [2.24, 2.45) is 0 Å². The third kappa shape index (κ3) is 4.26. The lowest BCUT2D eigenvalue weighted by Crippen LogP contribution is -2.38. The molecule has 8 heteroatoms. The molecule has 1 N–H and O–H groups in total. The smallest absolute Gasteiger partial charge is 0.229 e. The van der Waals surface area contributed by atoms with Crippen molar-refractivity contribution in [1.82, 2.24) is 4.72 Å². The third-order valence-electron chi connectivity index (χ3n) is 1.86. The number of nitrogens with one attached hydrogen (secondary N) is 1. The molecule has 78 valence electrons. The van der Waals surface area contributed by atoms with Gasteiger partial charge in [-0.05, 0) is 12.8 Å². The summed E-state index contributed by atoms with van der Waals surface area (Å²) in [6, 6.07) is -0.342. The molecule has 13 heavy (non-hydrogen) atoms. The van der Waals surface area contributed by atoms with Gasteiger partial charge in [0.25, 0.3) is 9.24 Å². The zero-order chi connectivity index (χ0) is 10.1. The number of rotatable bonds is 2. The zero-order valence-corrected chi connectivity index (χ0v) is 9.12. The summed E-state index contributed by atoms with van der Waals surface area (Å²) in [5.41, 5.74) is 0. The molecule has 0 atom stereocenters. The van der Waals surface area contributed by atoms with Gasteiger partial charge in [0.05, 0.1) is 11.5 Å². The summed E-state index contributed by atoms with van der Waals surface area (Å²) in [7, 11) is -1.73. The molecule has 1 saturated heterocycles. The molecular formula is C5H10ClNO4S2. The van der Waals surface area contributed by atoms with E-state index in [9.17, 15) is 16.8 Å². The Morgan fingerprint density at radius 2 is 1.69 bits per heavy atom. The van der Waals surface area contributed by atoms with Gasteiger partial charge in [-0.1, -0.05) is 0 Å². The first-order valence-corrected chi connectivity index (χ1v) is 7.84. The second kappa shape index (κ2) is 3.72. The van der Waals surface area contributed by atoms with Crippen molar-refractivity contribution in [2.75, 3.05) is 11.5 Å². The van der Waals surface area contributed by atoms with E-state index in [4.69, 9.17) is 10.7 Å². The van der Waals surface area contributed by atoms with Crippen LogP contribution in [-0.2, 0) is 19.1 Å². The molecule has 1 rings (SSSR count). The molecule has 0 aliphatic carbocycles. The Bertz CT molecular complexity index is 359. The van der Waals surface area contributed by atoms with Gasteiger partial charge in [-0.2, -0.15) is 13.1 Å². The van der Waals surface area contributed by atoms with Gasteiger partial charge in [0, 0.05) is 16.7 Å². The van der Waals surface area contributed by atoms with Gasteiger partial charge in [0.2, 0.25) is 0 Å². The lowest BCUT2D eigenvalue weighted by Gasteiger charge is -2.20. The molecule has 1 fully saturated rings. The Morgan fingerprint density at radius 1 is 1.23 bits per heavy atom. The highest BCUT2D eigenvalue weighted by atomic mass is 35.7. The summed E-state index contributed by atoms with van der Waals surface area (Å²) in [5, 5.41) is 0.